The Morgan fingerprint density at radius 3 is 2.56 bits per heavy atom. The summed E-state index contributed by atoms with van der Waals surface area (Å²) >= 11 is 0. The zero-order valence-corrected chi connectivity index (χ0v) is 9.99. The molecule has 0 unspecified atom stereocenters. The molecule has 1 aromatic carbocycles. The van der Waals surface area contributed by atoms with E-state index in [1.807, 2.05) is 0 Å². The second-order valence-electron chi connectivity index (χ2n) is 3.12. The van der Waals surface area contributed by atoms with Gasteiger partial charge in [0.25, 0.3) is 10.1 Å². The van der Waals surface area contributed by atoms with Crippen LogP contribution < -0.4 is 4.74 Å². The minimum absolute atomic E-state index is 0.0429. The lowest BCUT2D eigenvalue weighted by Gasteiger charge is -2.09. The Balaban J connectivity index is 2.71. The van der Waals surface area contributed by atoms with Gasteiger partial charge in [-0.2, -0.15) is 8.42 Å². The smallest absolute Gasteiger partial charge is 0.264 e. The highest BCUT2D eigenvalue weighted by atomic mass is 32.2. The van der Waals surface area contributed by atoms with Crippen LogP contribution in [0.25, 0.3) is 0 Å². The number of hydrogen-bond acceptors (Lipinski definition) is 5. The Bertz CT molecular complexity index is 427. The quantitative estimate of drug-likeness (QED) is 0.556. The van der Waals surface area contributed by atoms with Crippen molar-refractivity contribution in [1.82, 2.24) is 0 Å². The van der Waals surface area contributed by atoms with Gasteiger partial charge in [-0.15, -0.1) is 0 Å². The van der Waals surface area contributed by atoms with Gasteiger partial charge in [-0.05, 0) is 6.07 Å². The van der Waals surface area contributed by atoms with Crippen molar-refractivity contribution in [2.75, 3.05) is 20.2 Å². The van der Waals surface area contributed by atoms with E-state index in [0.717, 1.165) is 6.26 Å². The van der Waals surface area contributed by atoms with Crippen molar-refractivity contribution in [3.63, 3.8) is 0 Å². The molecule has 0 heterocycles. The molecule has 0 fully saturated rings. The van der Waals surface area contributed by atoms with Gasteiger partial charge < -0.3 is 9.47 Å². The standard InChI is InChI=1S/C10H14O5S/c1-13-8-14-10-6-4-3-5-9(10)7-15-16(2,11)12/h3-6H,7-8H2,1-2H3. The fourth-order valence-corrected chi connectivity index (χ4v) is 1.40. The highest BCUT2D eigenvalue weighted by Crippen LogP contribution is 2.19. The molecule has 0 aliphatic carbocycles. The molecule has 0 aromatic heterocycles. The third-order valence-corrected chi connectivity index (χ3v) is 2.28. The molecule has 1 aromatic rings. The van der Waals surface area contributed by atoms with E-state index < -0.39 is 10.1 Å². The van der Waals surface area contributed by atoms with Gasteiger partial charge in [0.2, 0.25) is 0 Å². The van der Waals surface area contributed by atoms with Crippen LogP contribution in [-0.4, -0.2) is 28.6 Å². The summed E-state index contributed by atoms with van der Waals surface area (Å²) < 4.78 is 36.4. The molecule has 0 atom stereocenters. The molecule has 0 saturated heterocycles. The molecule has 6 heteroatoms. The van der Waals surface area contributed by atoms with Gasteiger partial charge in [0.1, 0.15) is 5.75 Å². The molecular formula is C10H14O5S. The maximum absolute atomic E-state index is 10.8. The van der Waals surface area contributed by atoms with Crippen LogP contribution in [0.5, 0.6) is 5.75 Å². The molecule has 0 bridgehead atoms. The summed E-state index contributed by atoms with van der Waals surface area (Å²) in [5.74, 6) is 0.549. The predicted octanol–water partition coefficient (Wildman–Crippen LogP) is 1.15. The maximum atomic E-state index is 10.8. The Hall–Kier alpha value is -1.11. The summed E-state index contributed by atoms with van der Waals surface area (Å²) in [6, 6.07) is 7.02. The van der Waals surface area contributed by atoms with Crippen molar-refractivity contribution in [3.8, 4) is 5.75 Å². The summed E-state index contributed by atoms with van der Waals surface area (Å²) in [5.41, 5.74) is 0.657. The van der Waals surface area contributed by atoms with Crippen molar-refractivity contribution in [3.05, 3.63) is 29.8 Å². The third kappa shape index (κ3) is 4.61. The summed E-state index contributed by atoms with van der Waals surface area (Å²) in [6.07, 6.45) is 1.01. The van der Waals surface area contributed by atoms with Crippen LogP contribution in [-0.2, 0) is 25.6 Å². The van der Waals surface area contributed by atoms with Crippen LogP contribution in [0.4, 0.5) is 0 Å². The molecule has 0 aliphatic rings. The lowest BCUT2D eigenvalue weighted by atomic mass is 10.2. The van der Waals surface area contributed by atoms with Crippen molar-refractivity contribution < 1.29 is 22.1 Å². The SMILES string of the molecule is COCOc1ccccc1COS(C)(=O)=O. The van der Waals surface area contributed by atoms with Crippen LogP contribution in [0.2, 0.25) is 0 Å². The van der Waals surface area contributed by atoms with E-state index in [4.69, 9.17) is 9.47 Å². The minimum Gasteiger partial charge on any atom is -0.467 e. The third-order valence-electron chi connectivity index (χ3n) is 1.73. The van der Waals surface area contributed by atoms with Gasteiger partial charge in [0.05, 0.1) is 12.9 Å². The molecule has 1 rings (SSSR count). The van der Waals surface area contributed by atoms with Gasteiger partial charge in [-0.3, -0.25) is 4.18 Å². The lowest BCUT2D eigenvalue weighted by molar-refractivity contribution is 0.0497. The summed E-state index contributed by atoms with van der Waals surface area (Å²) in [6.45, 7) is 0.0641. The highest BCUT2D eigenvalue weighted by Gasteiger charge is 2.07. The fourth-order valence-electron chi connectivity index (χ4n) is 1.06. The lowest BCUT2D eigenvalue weighted by Crippen LogP contribution is -2.06. The minimum atomic E-state index is -3.45. The molecule has 0 saturated carbocycles. The second-order valence-corrected chi connectivity index (χ2v) is 4.77. The summed E-state index contributed by atoms with van der Waals surface area (Å²) in [4.78, 5) is 0. The highest BCUT2D eigenvalue weighted by molar-refractivity contribution is 7.85. The zero-order chi connectivity index (χ0) is 12.0. The molecule has 16 heavy (non-hydrogen) atoms. The molecule has 90 valence electrons. The monoisotopic (exact) mass is 246 g/mol. The number of methoxy groups -OCH3 is 1. The van der Waals surface area contributed by atoms with E-state index in [2.05, 4.69) is 4.18 Å². The Morgan fingerprint density at radius 1 is 1.25 bits per heavy atom. The summed E-state index contributed by atoms with van der Waals surface area (Å²) in [7, 11) is -1.94. The van der Waals surface area contributed by atoms with Crippen molar-refractivity contribution >= 4 is 10.1 Å². The average Bonchev–Trinajstić information content (AvgIpc) is 2.23. The van der Waals surface area contributed by atoms with Crippen LogP contribution >= 0.6 is 0 Å². The first kappa shape index (κ1) is 13.0. The Kier molecular flexibility index (Phi) is 4.72. The molecule has 0 spiro atoms. The van der Waals surface area contributed by atoms with E-state index in [-0.39, 0.29) is 13.4 Å². The summed E-state index contributed by atoms with van der Waals surface area (Å²) in [5, 5.41) is 0. The molecule has 0 radical (unpaired) electrons. The van der Waals surface area contributed by atoms with Crippen LogP contribution in [0.3, 0.4) is 0 Å². The zero-order valence-electron chi connectivity index (χ0n) is 9.17. The first-order valence-corrected chi connectivity index (χ1v) is 6.38. The number of hydrogen-bond donors (Lipinski definition) is 0. The van der Waals surface area contributed by atoms with Gasteiger partial charge in [-0.1, -0.05) is 18.2 Å². The van der Waals surface area contributed by atoms with Crippen molar-refractivity contribution in [1.29, 1.82) is 0 Å². The van der Waals surface area contributed by atoms with E-state index in [1.165, 1.54) is 7.11 Å². The predicted molar refractivity (Wildman–Crippen MR) is 58.6 cm³/mol. The largest absolute Gasteiger partial charge is 0.467 e. The molecule has 0 N–H and O–H groups in total. The number of para-hydroxylation sites is 1. The maximum Gasteiger partial charge on any atom is 0.264 e. The number of rotatable bonds is 6. The fraction of sp³-hybridized carbons (Fsp3) is 0.400. The first-order chi connectivity index (χ1) is 7.53. The number of benzene rings is 1. The Morgan fingerprint density at radius 2 is 1.94 bits per heavy atom. The topological polar surface area (TPSA) is 61.8 Å². The van der Waals surface area contributed by atoms with Crippen molar-refractivity contribution in [2.45, 2.75) is 6.61 Å². The van der Waals surface area contributed by atoms with Crippen LogP contribution in [0, 0.1) is 0 Å². The van der Waals surface area contributed by atoms with Crippen LogP contribution in [0.1, 0.15) is 5.56 Å². The number of ether oxygens (including phenoxy) is 2. The molecular weight excluding hydrogens is 232 g/mol. The normalized spacial score (nSPS) is 11.4. The Labute approximate surface area is 95.1 Å². The molecule has 0 amide bonds. The average molecular weight is 246 g/mol. The van der Waals surface area contributed by atoms with E-state index in [9.17, 15) is 8.42 Å². The van der Waals surface area contributed by atoms with E-state index in [0.29, 0.717) is 11.3 Å². The second kappa shape index (κ2) is 5.83. The van der Waals surface area contributed by atoms with Gasteiger partial charge in [0.15, 0.2) is 6.79 Å². The molecule has 5 nitrogen and oxygen atoms in total. The first-order valence-electron chi connectivity index (χ1n) is 4.57. The van der Waals surface area contributed by atoms with Crippen molar-refractivity contribution in [2.24, 2.45) is 0 Å². The van der Waals surface area contributed by atoms with E-state index in [1.54, 1.807) is 24.3 Å². The van der Waals surface area contributed by atoms with E-state index >= 15 is 0 Å². The van der Waals surface area contributed by atoms with Crippen LogP contribution in [0.15, 0.2) is 24.3 Å². The van der Waals surface area contributed by atoms with Gasteiger partial charge in [-0.25, -0.2) is 0 Å². The molecule has 0 aliphatic heterocycles. The van der Waals surface area contributed by atoms with Gasteiger partial charge in [0, 0.05) is 12.7 Å². The van der Waals surface area contributed by atoms with Gasteiger partial charge >= 0.3 is 0 Å².